The molecule has 1 aliphatic rings. The van der Waals surface area contributed by atoms with Crippen LogP contribution >= 0.6 is 15.9 Å². The van der Waals surface area contributed by atoms with Crippen LogP contribution in [0.2, 0.25) is 0 Å². The predicted molar refractivity (Wildman–Crippen MR) is 79.0 cm³/mol. The summed E-state index contributed by atoms with van der Waals surface area (Å²) < 4.78 is 0.888. The molecule has 0 aromatic heterocycles. The van der Waals surface area contributed by atoms with Crippen LogP contribution in [0.5, 0.6) is 0 Å². The SMILES string of the molecule is C[C@H](O)c1ccc(N2CCCCC2C(N)=O)c(Br)c1. The van der Waals surface area contributed by atoms with Gasteiger partial charge in [-0.3, -0.25) is 4.79 Å². The second-order valence-electron chi connectivity index (χ2n) is 4.99. The average molecular weight is 327 g/mol. The monoisotopic (exact) mass is 326 g/mol. The summed E-state index contributed by atoms with van der Waals surface area (Å²) in [6.45, 7) is 2.56. The fourth-order valence-corrected chi connectivity index (χ4v) is 3.16. The van der Waals surface area contributed by atoms with Gasteiger partial charge >= 0.3 is 0 Å². The Morgan fingerprint density at radius 3 is 2.84 bits per heavy atom. The number of amides is 1. The molecule has 1 aromatic carbocycles. The predicted octanol–water partition coefficient (Wildman–Crippen LogP) is 2.35. The fraction of sp³-hybridized carbons (Fsp3) is 0.500. The Kier molecular flexibility index (Phi) is 4.47. The molecule has 0 saturated carbocycles. The van der Waals surface area contributed by atoms with Crippen LogP contribution in [-0.2, 0) is 4.79 Å². The molecule has 1 amide bonds. The molecule has 1 fully saturated rings. The van der Waals surface area contributed by atoms with E-state index in [1.54, 1.807) is 6.92 Å². The third-order valence-corrected chi connectivity index (χ3v) is 4.23. The lowest BCUT2D eigenvalue weighted by Gasteiger charge is -2.36. The van der Waals surface area contributed by atoms with Crippen molar-refractivity contribution in [2.45, 2.75) is 38.3 Å². The van der Waals surface area contributed by atoms with Gasteiger partial charge in [0.25, 0.3) is 0 Å². The molecule has 0 bridgehead atoms. The van der Waals surface area contributed by atoms with Crippen molar-refractivity contribution in [1.29, 1.82) is 0 Å². The maximum absolute atomic E-state index is 11.5. The second kappa shape index (κ2) is 5.92. The largest absolute Gasteiger partial charge is 0.389 e. The molecule has 5 heteroatoms. The summed E-state index contributed by atoms with van der Waals surface area (Å²) in [5.41, 5.74) is 7.30. The van der Waals surface area contributed by atoms with Crippen molar-refractivity contribution in [3.63, 3.8) is 0 Å². The van der Waals surface area contributed by atoms with Gasteiger partial charge in [-0.15, -0.1) is 0 Å². The number of primary amides is 1. The van der Waals surface area contributed by atoms with E-state index in [0.29, 0.717) is 0 Å². The summed E-state index contributed by atoms with van der Waals surface area (Å²) in [6.07, 6.45) is 2.40. The van der Waals surface area contributed by atoms with E-state index < -0.39 is 6.10 Å². The van der Waals surface area contributed by atoms with Crippen molar-refractivity contribution in [1.82, 2.24) is 0 Å². The van der Waals surface area contributed by atoms with Crippen LogP contribution in [-0.4, -0.2) is 23.6 Å². The van der Waals surface area contributed by atoms with Gasteiger partial charge in [-0.05, 0) is 59.8 Å². The minimum atomic E-state index is -0.501. The molecule has 1 aliphatic heterocycles. The molecule has 1 unspecified atom stereocenters. The molecule has 0 spiro atoms. The maximum Gasteiger partial charge on any atom is 0.240 e. The van der Waals surface area contributed by atoms with Crippen LogP contribution in [0, 0.1) is 0 Å². The van der Waals surface area contributed by atoms with Gasteiger partial charge in [-0.1, -0.05) is 6.07 Å². The molecule has 0 radical (unpaired) electrons. The number of nitrogens with two attached hydrogens (primary N) is 1. The highest BCUT2D eigenvalue weighted by Crippen LogP contribution is 2.33. The molecule has 3 N–H and O–H groups in total. The van der Waals surface area contributed by atoms with Gasteiger partial charge in [0.15, 0.2) is 0 Å². The zero-order valence-electron chi connectivity index (χ0n) is 11.0. The molecule has 1 aromatic rings. The van der Waals surface area contributed by atoms with Gasteiger partial charge < -0.3 is 15.7 Å². The number of aliphatic hydroxyl groups is 1. The third-order valence-electron chi connectivity index (χ3n) is 3.59. The minimum Gasteiger partial charge on any atom is -0.389 e. The number of piperidine rings is 1. The first-order valence-corrected chi connectivity index (χ1v) is 7.33. The lowest BCUT2D eigenvalue weighted by atomic mass is 10.00. The van der Waals surface area contributed by atoms with Crippen LogP contribution < -0.4 is 10.6 Å². The van der Waals surface area contributed by atoms with E-state index >= 15 is 0 Å². The van der Waals surface area contributed by atoms with Crippen LogP contribution in [0.15, 0.2) is 22.7 Å². The Morgan fingerprint density at radius 1 is 1.53 bits per heavy atom. The number of carbonyl (C=O) groups is 1. The van der Waals surface area contributed by atoms with Gasteiger partial charge in [0.2, 0.25) is 5.91 Å². The summed E-state index contributed by atoms with van der Waals surface area (Å²) in [5, 5.41) is 9.58. The first-order chi connectivity index (χ1) is 9.00. The van der Waals surface area contributed by atoms with Crippen molar-refractivity contribution >= 4 is 27.5 Å². The molecule has 2 atom stereocenters. The first-order valence-electron chi connectivity index (χ1n) is 6.54. The number of carbonyl (C=O) groups excluding carboxylic acids is 1. The third kappa shape index (κ3) is 3.09. The zero-order chi connectivity index (χ0) is 14.0. The molecular formula is C14H19BrN2O2. The summed E-state index contributed by atoms with van der Waals surface area (Å²) >= 11 is 3.52. The molecule has 2 rings (SSSR count). The average Bonchev–Trinajstić information content (AvgIpc) is 2.38. The molecule has 4 nitrogen and oxygen atoms in total. The summed E-state index contributed by atoms with van der Waals surface area (Å²) in [6, 6.07) is 5.49. The van der Waals surface area contributed by atoms with E-state index in [9.17, 15) is 9.90 Å². The lowest BCUT2D eigenvalue weighted by Crippen LogP contribution is -2.48. The van der Waals surface area contributed by atoms with Crippen molar-refractivity contribution < 1.29 is 9.90 Å². The number of benzene rings is 1. The van der Waals surface area contributed by atoms with Crippen molar-refractivity contribution in [3.8, 4) is 0 Å². The van der Waals surface area contributed by atoms with Gasteiger partial charge in [0, 0.05) is 11.0 Å². The number of hydrogen-bond acceptors (Lipinski definition) is 3. The molecule has 1 saturated heterocycles. The van der Waals surface area contributed by atoms with E-state index in [-0.39, 0.29) is 11.9 Å². The van der Waals surface area contributed by atoms with Gasteiger partial charge in [0.05, 0.1) is 11.8 Å². The second-order valence-corrected chi connectivity index (χ2v) is 5.85. The number of anilines is 1. The van der Waals surface area contributed by atoms with E-state index in [2.05, 4.69) is 20.8 Å². The highest BCUT2D eigenvalue weighted by atomic mass is 79.9. The Hall–Kier alpha value is -1.07. The Labute approximate surface area is 121 Å². The molecule has 1 heterocycles. The van der Waals surface area contributed by atoms with Crippen LogP contribution in [0.3, 0.4) is 0 Å². The standard InChI is InChI=1S/C14H19BrN2O2/c1-9(18)10-5-6-12(11(15)8-10)17-7-3-2-4-13(17)14(16)19/h5-6,8-9,13,18H,2-4,7H2,1H3,(H2,16,19)/t9-,13?/m0/s1. The summed E-state index contributed by atoms with van der Waals surface area (Å²) in [5.74, 6) is -0.272. The topological polar surface area (TPSA) is 66.6 Å². The normalized spacial score (nSPS) is 21.2. The van der Waals surface area contributed by atoms with Gasteiger partial charge in [-0.25, -0.2) is 0 Å². The first kappa shape index (κ1) is 14.3. The van der Waals surface area contributed by atoms with E-state index in [0.717, 1.165) is 41.5 Å². The molecule has 104 valence electrons. The lowest BCUT2D eigenvalue weighted by molar-refractivity contribution is -0.119. The Balaban J connectivity index is 2.31. The number of halogens is 1. The summed E-state index contributed by atoms with van der Waals surface area (Å²) in [4.78, 5) is 13.6. The van der Waals surface area contributed by atoms with Crippen molar-refractivity contribution in [2.75, 3.05) is 11.4 Å². The van der Waals surface area contributed by atoms with Gasteiger partial charge in [-0.2, -0.15) is 0 Å². The number of rotatable bonds is 3. The van der Waals surface area contributed by atoms with Crippen molar-refractivity contribution in [2.24, 2.45) is 5.73 Å². The molecule has 19 heavy (non-hydrogen) atoms. The smallest absolute Gasteiger partial charge is 0.240 e. The Bertz CT molecular complexity index is 477. The van der Waals surface area contributed by atoms with E-state index in [1.165, 1.54) is 0 Å². The van der Waals surface area contributed by atoms with Crippen molar-refractivity contribution in [3.05, 3.63) is 28.2 Å². The number of nitrogens with zero attached hydrogens (tertiary/aromatic N) is 1. The summed E-state index contributed by atoms with van der Waals surface area (Å²) in [7, 11) is 0. The van der Waals surface area contributed by atoms with Gasteiger partial charge in [0.1, 0.15) is 6.04 Å². The Morgan fingerprint density at radius 2 is 2.26 bits per heavy atom. The van der Waals surface area contributed by atoms with E-state index in [1.807, 2.05) is 18.2 Å². The minimum absolute atomic E-state index is 0.234. The quantitative estimate of drug-likeness (QED) is 0.895. The molecule has 0 aliphatic carbocycles. The van der Waals surface area contributed by atoms with Crippen LogP contribution in [0.4, 0.5) is 5.69 Å². The highest BCUT2D eigenvalue weighted by molar-refractivity contribution is 9.10. The maximum atomic E-state index is 11.5. The molecular weight excluding hydrogens is 308 g/mol. The zero-order valence-corrected chi connectivity index (χ0v) is 12.6. The van der Waals surface area contributed by atoms with E-state index in [4.69, 9.17) is 5.73 Å². The van der Waals surface area contributed by atoms with Crippen LogP contribution in [0.25, 0.3) is 0 Å². The highest BCUT2D eigenvalue weighted by Gasteiger charge is 2.28. The number of aliphatic hydroxyl groups excluding tert-OH is 1. The van der Waals surface area contributed by atoms with Crippen LogP contribution in [0.1, 0.15) is 37.9 Å². The fourth-order valence-electron chi connectivity index (χ4n) is 2.53. The number of hydrogen-bond donors (Lipinski definition) is 2.